The van der Waals surface area contributed by atoms with Crippen molar-refractivity contribution in [1.29, 1.82) is 0 Å². The van der Waals surface area contributed by atoms with Crippen LogP contribution in [0.25, 0.3) is 0 Å². The summed E-state index contributed by atoms with van der Waals surface area (Å²) < 4.78 is 2.70. The summed E-state index contributed by atoms with van der Waals surface area (Å²) in [5, 5.41) is 12.2. The molecule has 6 nitrogen and oxygen atoms in total. The highest BCUT2D eigenvalue weighted by Gasteiger charge is 2.20. The maximum Gasteiger partial charge on any atom is 0.253 e. The highest BCUT2D eigenvalue weighted by molar-refractivity contribution is 9.10. The number of benzene rings is 2. The average molecular weight is 494 g/mol. The fourth-order valence-electron chi connectivity index (χ4n) is 2.66. The summed E-state index contributed by atoms with van der Waals surface area (Å²) in [7, 11) is 1.81. The van der Waals surface area contributed by atoms with Crippen LogP contribution in [0.5, 0.6) is 0 Å². The van der Waals surface area contributed by atoms with E-state index in [9.17, 15) is 9.59 Å². The lowest BCUT2D eigenvalue weighted by atomic mass is 10.2. The number of hydrogen-bond acceptors (Lipinski definition) is 5. The molecule has 0 radical (unpaired) electrons. The van der Waals surface area contributed by atoms with Gasteiger partial charge in [0, 0.05) is 17.1 Å². The number of halogens is 2. The number of carbonyl (C=O) groups excluding carboxylic acids is 2. The van der Waals surface area contributed by atoms with Gasteiger partial charge in [0.25, 0.3) is 5.91 Å². The Morgan fingerprint density at radius 3 is 2.55 bits per heavy atom. The second-order valence-electron chi connectivity index (χ2n) is 6.29. The molecule has 1 amide bonds. The fourth-order valence-corrected chi connectivity index (χ4v) is 3.96. The van der Waals surface area contributed by atoms with Crippen LogP contribution in [0.4, 0.5) is 0 Å². The number of thioether (sulfide) groups is 1. The molecule has 3 aromatic rings. The molecular formula is C20H18BrClN4O2S. The van der Waals surface area contributed by atoms with Gasteiger partial charge in [-0.1, -0.05) is 63.6 Å². The predicted octanol–water partition coefficient (Wildman–Crippen LogP) is 4.70. The Bertz CT molecular complexity index is 1040. The molecule has 3 rings (SSSR count). The Balaban J connectivity index is 1.64. The summed E-state index contributed by atoms with van der Waals surface area (Å²) in [5.41, 5.74) is 1.04. The minimum atomic E-state index is -0.382. The Labute approximate surface area is 186 Å². The number of ketones is 1. The molecule has 1 atom stereocenters. The summed E-state index contributed by atoms with van der Waals surface area (Å²) in [6.07, 6.45) is 0. The zero-order valence-corrected chi connectivity index (χ0v) is 18.9. The minimum absolute atomic E-state index is 0.00659. The zero-order valence-electron chi connectivity index (χ0n) is 15.7. The van der Waals surface area contributed by atoms with Crippen LogP contribution in [0.1, 0.15) is 39.5 Å². The molecule has 0 saturated heterocycles. The van der Waals surface area contributed by atoms with Crippen LogP contribution in [-0.2, 0) is 7.05 Å². The molecule has 0 bridgehead atoms. The Morgan fingerprint density at radius 2 is 1.86 bits per heavy atom. The van der Waals surface area contributed by atoms with E-state index in [0.717, 1.165) is 4.47 Å². The van der Waals surface area contributed by atoms with Crippen LogP contribution < -0.4 is 5.32 Å². The van der Waals surface area contributed by atoms with Crippen molar-refractivity contribution in [3.63, 3.8) is 0 Å². The van der Waals surface area contributed by atoms with Crippen molar-refractivity contribution in [2.75, 3.05) is 5.75 Å². The number of nitrogens with one attached hydrogen (secondary N) is 1. The van der Waals surface area contributed by atoms with E-state index in [1.165, 1.54) is 11.8 Å². The molecule has 0 saturated carbocycles. The summed E-state index contributed by atoms with van der Waals surface area (Å²) >= 11 is 10.7. The van der Waals surface area contributed by atoms with Crippen molar-refractivity contribution in [2.45, 2.75) is 18.1 Å². The van der Waals surface area contributed by atoms with E-state index in [1.54, 1.807) is 48.0 Å². The molecule has 1 N–H and O–H groups in total. The highest BCUT2D eigenvalue weighted by Crippen LogP contribution is 2.22. The van der Waals surface area contributed by atoms with Gasteiger partial charge in [-0.3, -0.25) is 9.59 Å². The molecule has 1 heterocycles. The number of hydrogen-bond donors (Lipinski definition) is 1. The maximum atomic E-state index is 12.5. The third-order valence-corrected chi connectivity index (χ3v) is 6.10. The van der Waals surface area contributed by atoms with Gasteiger partial charge in [-0.25, -0.2) is 0 Å². The molecule has 0 aliphatic carbocycles. The van der Waals surface area contributed by atoms with Gasteiger partial charge >= 0.3 is 0 Å². The number of nitrogens with zero attached hydrogens (tertiary/aromatic N) is 3. The van der Waals surface area contributed by atoms with E-state index in [0.29, 0.717) is 27.1 Å². The summed E-state index contributed by atoms with van der Waals surface area (Å²) in [6.45, 7) is 1.82. The highest BCUT2D eigenvalue weighted by atomic mass is 79.9. The van der Waals surface area contributed by atoms with Crippen molar-refractivity contribution >= 4 is 51.0 Å². The van der Waals surface area contributed by atoms with Gasteiger partial charge in [-0.05, 0) is 31.2 Å². The van der Waals surface area contributed by atoms with E-state index in [-0.39, 0.29) is 23.5 Å². The third kappa shape index (κ3) is 5.26. The first-order valence-corrected chi connectivity index (χ1v) is 10.9. The number of rotatable bonds is 7. The first kappa shape index (κ1) is 21.5. The molecule has 0 aliphatic heterocycles. The third-order valence-electron chi connectivity index (χ3n) is 4.22. The van der Waals surface area contributed by atoms with Crippen molar-refractivity contribution < 1.29 is 9.59 Å². The van der Waals surface area contributed by atoms with E-state index >= 15 is 0 Å². The molecule has 0 aliphatic rings. The normalized spacial score (nSPS) is 11.9. The average Bonchev–Trinajstić information content (AvgIpc) is 3.07. The van der Waals surface area contributed by atoms with Gasteiger partial charge in [-0.15, -0.1) is 10.2 Å². The van der Waals surface area contributed by atoms with Crippen LogP contribution in [0.15, 0.2) is 58.2 Å². The maximum absolute atomic E-state index is 12.5. The van der Waals surface area contributed by atoms with Crippen LogP contribution in [0.3, 0.4) is 0 Å². The Kier molecular flexibility index (Phi) is 7.10. The standard InChI is InChI=1S/C20H18BrClN4O2S/c1-12(23-19(28)15-5-3-4-6-16(15)22)18-24-25-20(26(18)2)29-11-17(27)13-7-9-14(21)10-8-13/h3-10,12H,11H2,1-2H3,(H,23,28)/t12-/m0/s1. The van der Waals surface area contributed by atoms with Crippen LogP contribution in [0, 0.1) is 0 Å². The Hall–Kier alpha value is -2.16. The van der Waals surface area contributed by atoms with E-state index in [2.05, 4.69) is 31.4 Å². The smallest absolute Gasteiger partial charge is 0.253 e. The van der Waals surface area contributed by atoms with Gasteiger partial charge in [0.05, 0.1) is 22.4 Å². The predicted molar refractivity (Wildman–Crippen MR) is 118 cm³/mol. The molecule has 9 heteroatoms. The lowest BCUT2D eigenvalue weighted by molar-refractivity contribution is 0.0937. The van der Waals surface area contributed by atoms with Crippen LogP contribution in [-0.4, -0.2) is 32.2 Å². The van der Waals surface area contributed by atoms with Gasteiger partial charge in [0.15, 0.2) is 16.8 Å². The van der Waals surface area contributed by atoms with Crippen molar-refractivity contribution in [3.8, 4) is 0 Å². The molecule has 2 aromatic carbocycles. The van der Waals surface area contributed by atoms with Gasteiger partial charge < -0.3 is 9.88 Å². The topological polar surface area (TPSA) is 76.9 Å². The second kappa shape index (κ2) is 9.56. The van der Waals surface area contributed by atoms with E-state index in [1.807, 2.05) is 19.1 Å². The SMILES string of the molecule is C[C@H](NC(=O)c1ccccc1Cl)c1nnc(SCC(=O)c2ccc(Br)cc2)n1C. The Morgan fingerprint density at radius 1 is 1.17 bits per heavy atom. The molecule has 1 aromatic heterocycles. The summed E-state index contributed by atoms with van der Waals surface area (Å²) in [6, 6.07) is 13.7. The zero-order chi connectivity index (χ0) is 21.0. The van der Waals surface area contributed by atoms with Crippen LogP contribution >= 0.6 is 39.3 Å². The number of amides is 1. The largest absolute Gasteiger partial charge is 0.342 e. The molecule has 150 valence electrons. The molecular weight excluding hydrogens is 476 g/mol. The minimum Gasteiger partial charge on any atom is -0.342 e. The van der Waals surface area contributed by atoms with Gasteiger partial charge in [-0.2, -0.15) is 0 Å². The summed E-state index contributed by atoms with van der Waals surface area (Å²) in [4.78, 5) is 24.8. The van der Waals surface area contributed by atoms with Crippen molar-refractivity contribution in [3.05, 3.63) is 75.0 Å². The van der Waals surface area contributed by atoms with Gasteiger partial charge in [0.1, 0.15) is 0 Å². The van der Waals surface area contributed by atoms with Gasteiger partial charge in [0.2, 0.25) is 0 Å². The quantitative estimate of drug-likeness (QED) is 0.381. The second-order valence-corrected chi connectivity index (χ2v) is 8.56. The first-order chi connectivity index (χ1) is 13.9. The number of aromatic nitrogens is 3. The number of Topliss-reactive ketones (excluding diaryl/α,β-unsaturated/α-hetero) is 1. The first-order valence-electron chi connectivity index (χ1n) is 8.73. The van der Waals surface area contributed by atoms with E-state index < -0.39 is 0 Å². The van der Waals surface area contributed by atoms with Crippen molar-refractivity contribution in [2.24, 2.45) is 7.05 Å². The lowest BCUT2D eigenvalue weighted by Crippen LogP contribution is -2.28. The monoisotopic (exact) mass is 492 g/mol. The molecule has 0 unspecified atom stereocenters. The van der Waals surface area contributed by atoms with Crippen molar-refractivity contribution in [1.82, 2.24) is 20.1 Å². The molecule has 29 heavy (non-hydrogen) atoms. The lowest BCUT2D eigenvalue weighted by Gasteiger charge is -2.14. The summed E-state index contributed by atoms with van der Waals surface area (Å²) in [5.74, 6) is 0.551. The molecule has 0 fully saturated rings. The van der Waals surface area contributed by atoms with Crippen LogP contribution in [0.2, 0.25) is 5.02 Å². The number of carbonyl (C=O) groups is 2. The fraction of sp³-hybridized carbons (Fsp3) is 0.200. The molecule has 0 spiro atoms. The van der Waals surface area contributed by atoms with E-state index in [4.69, 9.17) is 11.6 Å².